The third-order valence-corrected chi connectivity index (χ3v) is 3.68. The Bertz CT molecular complexity index is 811. The van der Waals surface area contributed by atoms with Gasteiger partial charge in [0.15, 0.2) is 0 Å². The molecule has 0 spiro atoms. The summed E-state index contributed by atoms with van der Waals surface area (Å²) in [6.45, 7) is 3.25. The van der Waals surface area contributed by atoms with Crippen LogP contribution in [0.15, 0.2) is 42.5 Å². The standard InChI is InChI=1S/C20H21NO5/c1-13-4-6-15(7-5-13)8-11-19(23)21-16-9-10-18(26-14(2)22)17(12-16)20(24)25-3/h4-7,9-10,12H,8,11H2,1-3H3,(H,21,23). The van der Waals surface area contributed by atoms with E-state index in [0.717, 1.165) is 5.56 Å². The largest absolute Gasteiger partial charge is 0.465 e. The smallest absolute Gasteiger partial charge is 0.341 e. The van der Waals surface area contributed by atoms with Gasteiger partial charge in [-0.25, -0.2) is 4.79 Å². The van der Waals surface area contributed by atoms with Gasteiger partial charge in [0.25, 0.3) is 0 Å². The van der Waals surface area contributed by atoms with Crippen LogP contribution in [0.3, 0.4) is 0 Å². The molecule has 0 radical (unpaired) electrons. The van der Waals surface area contributed by atoms with Crippen molar-refractivity contribution < 1.29 is 23.9 Å². The number of amides is 1. The fourth-order valence-corrected chi connectivity index (χ4v) is 2.36. The Balaban J connectivity index is 2.05. The van der Waals surface area contributed by atoms with Gasteiger partial charge in [-0.1, -0.05) is 29.8 Å². The minimum atomic E-state index is -0.656. The molecule has 1 amide bonds. The lowest BCUT2D eigenvalue weighted by Gasteiger charge is -2.11. The molecule has 0 saturated carbocycles. The number of nitrogens with one attached hydrogen (secondary N) is 1. The maximum absolute atomic E-state index is 12.2. The number of benzene rings is 2. The van der Waals surface area contributed by atoms with E-state index in [4.69, 9.17) is 9.47 Å². The quantitative estimate of drug-likeness (QED) is 0.635. The van der Waals surface area contributed by atoms with Gasteiger partial charge in [-0.05, 0) is 37.1 Å². The molecule has 6 nitrogen and oxygen atoms in total. The number of aryl methyl sites for hydroxylation is 2. The van der Waals surface area contributed by atoms with Crippen LogP contribution in [0.25, 0.3) is 0 Å². The summed E-state index contributed by atoms with van der Waals surface area (Å²) >= 11 is 0. The molecular formula is C20H21NO5. The summed E-state index contributed by atoms with van der Waals surface area (Å²) in [4.78, 5) is 35.2. The summed E-state index contributed by atoms with van der Waals surface area (Å²) in [5.41, 5.74) is 2.74. The van der Waals surface area contributed by atoms with Crippen molar-refractivity contribution in [1.29, 1.82) is 0 Å². The highest BCUT2D eigenvalue weighted by Crippen LogP contribution is 2.24. The molecule has 0 bridgehead atoms. The first-order valence-corrected chi connectivity index (χ1v) is 8.15. The van der Waals surface area contributed by atoms with Crippen molar-refractivity contribution in [2.24, 2.45) is 0 Å². The van der Waals surface area contributed by atoms with Gasteiger partial charge in [0.05, 0.1) is 7.11 Å². The van der Waals surface area contributed by atoms with Gasteiger partial charge >= 0.3 is 11.9 Å². The van der Waals surface area contributed by atoms with E-state index in [2.05, 4.69) is 5.32 Å². The third kappa shape index (κ3) is 5.44. The summed E-state index contributed by atoms with van der Waals surface area (Å²) < 4.78 is 9.68. The van der Waals surface area contributed by atoms with E-state index in [1.165, 1.54) is 31.7 Å². The molecule has 0 saturated heterocycles. The van der Waals surface area contributed by atoms with Gasteiger partial charge in [-0.3, -0.25) is 9.59 Å². The van der Waals surface area contributed by atoms with Crippen LogP contribution >= 0.6 is 0 Å². The first-order valence-electron chi connectivity index (χ1n) is 8.15. The number of rotatable bonds is 6. The minimum Gasteiger partial charge on any atom is -0.465 e. The molecule has 0 aliphatic heterocycles. The number of ether oxygens (including phenoxy) is 2. The normalized spacial score (nSPS) is 10.1. The molecule has 0 fully saturated rings. The number of hydrogen-bond acceptors (Lipinski definition) is 5. The lowest BCUT2D eigenvalue weighted by atomic mass is 10.1. The van der Waals surface area contributed by atoms with E-state index in [0.29, 0.717) is 18.5 Å². The molecule has 6 heteroatoms. The second kappa shape index (κ2) is 8.80. The van der Waals surface area contributed by atoms with Crippen LogP contribution in [0.4, 0.5) is 5.69 Å². The molecule has 26 heavy (non-hydrogen) atoms. The zero-order chi connectivity index (χ0) is 19.1. The van der Waals surface area contributed by atoms with Crippen molar-refractivity contribution in [3.63, 3.8) is 0 Å². The molecule has 2 rings (SSSR count). The van der Waals surface area contributed by atoms with Crippen molar-refractivity contribution in [3.05, 3.63) is 59.2 Å². The van der Waals surface area contributed by atoms with Gasteiger partial charge in [-0.2, -0.15) is 0 Å². The molecule has 0 atom stereocenters. The number of carbonyl (C=O) groups excluding carboxylic acids is 3. The zero-order valence-corrected chi connectivity index (χ0v) is 15.0. The van der Waals surface area contributed by atoms with Crippen LogP contribution in [0, 0.1) is 6.92 Å². The van der Waals surface area contributed by atoms with Crippen molar-refractivity contribution in [2.45, 2.75) is 26.7 Å². The van der Waals surface area contributed by atoms with Crippen LogP contribution in [0.2, 0.25) is 0 Å². The lowest BCUT2D eigenvalue weighted by molar-refractivity contribution is -0.131. The molecule has 1 N–H and O–H groups in total. The highest BCUT2D eigenvalue weighted by atomic mass is 16.5. The van der Waals surface area contributed by atoms with Crippen LogP contribution in [-0.2, 0) is 20.7 Å². The molecule has 136 valence electrons. The van der Waals surface area contributed by atoms with E-state index in [1.807, 2.05) is 31.2 Å². The zero-order valence-electron chi connectivity index (χ0n) is 15.0. The fraction of sp³-hybridized carbons (Fsp3) is 0.250. The second-order valence-corrected chi connectivity index (χ2v) is 5.83. The lowest BCUT2D eigenvalue weighted by Crippen LogP contribution is -2.14. The summed E-state index contributed by atoms with van der Waals surface area (Å²) in [6.07, 6.45) is 0.920. The number of esters is 2. The summed E-state index contributed by atoms with van der Waals surface area (Å²) in [5, 5.41) is 2.74. The fourth-order valence-electron chi connectivity index (χ4n) is 2.36. The van der Waals surface area contributed by atoms with E-state index in [1.54, 1.807) is 6.07 Å². The van der Waals surface area contributed by atoms with E-state index in [9.17, 15) is 14.4 Å². The van der Waals surface area contributed by atoms with Gasteiger partial charge < -0.3 is 14.8 Å². The van der Waals surface area contributed by atoms with E-state index >= 15 is 0 Å². The number of anilines is 1. The Hall–Kier alpha value is -3.15. The molecule has 0 aromatic heterocycles. The van der Waals surface area contributed by atoms with Crippen LogP contribution < -0.4 is 10.1 Å². The average molecular weight is 355 g/mol. The van der Waals surface area contributed by atoms with Crippen molar-refractivity contribution >= 4 is 23.5 Å². The first kappa shape index (κ1) is 19.2. The third-order valence-electron chi connectivity index (χ3n) is 3.68. The summed E-state index contributed by atoms with van der Waals surface area (Å²) in [6, 6.07) is 12.4. The second-order valence-electron chi connectivity index (χ2n) is 5.83. The summed E-state index contributed by atoms with van der Waals surface area (Å²) in [7, 11) is 1.23. The number of methoxy groups -OCH3 is 1. The van der Waals surface area contributed by atoms with Crippen molar-refractivity contribution in [1.82, 2.24) is 0 Å². The molecule has 2 aromatic rings. The maximum atomic E-state index is 12.2. The SMILES string of the molecule is COC(=O)c1cc(NC(=O)CCc2ccc(C)cc2)ccc1OC(C)=O. The molecule has 0 aliphatic carbocycles. The van der Waals surface area contributed by atoms with Gasteiger partial charge in [0.1, 0.15) is 11.3 Å². The Kier molecular flexibility index (Phi) is 6.49. The molecule has 0 heterocycles. The first-order chi connectivity index (χ1) is 12.4. The highest BCUT2D eigenvalue weighted by Gasteiger charge is 2.16. The molecule has 0 unspecified atom stereocenters. The number of hydrogen-bond donors (Lipinski definition) is 1. The Labute approximate surface area is 152 Å². The van der Waals surface area contributed by atoms with Crippen LogP contribution in [0.5, 0.6) is 5.75 Å². The van der Waals surface area contributed by atoms with Crippen molar-refractivity contribution in [2.75, 3.05) is 12.4 Å². The van der Waals surface area contributed by atoms with E-state index < -0.39 is 11.9 Å². The minimum absolute atomic E-state index is 0.0686. The van der Waals surface area contributed by atoms with Crippen LogP contribution in [0.1, 0.15) is 34.8 Å². The Morgan fingerprint density at radius 1 is 1.04 bits per heavy atom. The Morgan fingerprint density at radius 3 is 2.35 bits per heavy atom. The average Bonchev–Trinajstić information content (AvgIpc) is 2.61. The molecule has 0 aliphatic rings. The monoisotopic (exact) mass is 355 g/mol. The summed E-state index contributed by atoms with van der Waals surface area (Å²) in [5.74, 6) is -1.30. The van der Waals surface area contributed by atoms with Crippen LogP contribution in [-0.4, -0.2) is 25.0 Å². The maximum Gasteiger partial charge on any atom is 0.341 e. The van der Waals surface area contributed by atoms with Crippen molar-refractivity contribution in [3.8, 4) is 5.75 Å². The topological polar surface area (TPSA) is 81.7 Å². The predicted octanol–water partition coefficient (Wildman–Crippen LogP) is 3.28. The molecular weight excluding hydrogens is 334 g/mol. The highest BCUT2D eigenvalue weighted by molar-refractivity contribution is 5.97. The molecule has 2 aromatic carbocycles. The van der Waals surface area contributed by atoms with E-state index in [-0.39, 0.29) is 17.2 Å². The predicted molar refractivity (Wildman–Crippen MR) is 97.2 cm³/mol. The number of carbonyl (C=O) groups is 3. The Morgan fingerprint density at radius 2 is 1.73 bits per heavy atom. The van der Waals surface area contributed by atoms with Gasteiger partial charge in [-0.15, -0.1) is 0 Å². The van der Waals surface area contributed by atoms with Gasteiger partial charge in [0, 0.05) is 19.0 Å². The van der Waals surface area contributed by atoms with Gasteiger partial charge in [0.2, 0.25) is 5.91 Å².